The molecule has 1 aliphatic carbocycles. The minimum absolute atomic E-state index is 0. The predicted molar refractivity (Wildman–Crippen MR) is 146 cm³/mol. The molecule has 0 heterocycles. The second-order valence-electron chi connectivity index (χ2n) is 7.03. The van der Waals surface area contributed by atoms with E-state index in [1.165, 1.54) is 14.9 Å². The van der Waals surface area contributed by atoms with Gasteiger partial charge >= 0.3 is 95.6 Å². The van der Waals surface area contributed by atoms with Crippen molar-refractivity contribution in [3.63, 3.8) is 0 Å². The quantitative estimate of drug-likeness (QED) is 0.214. The summed E-state index contributed by atoms with van der Waals surface area (Å²) in [5.74, 6) is 0.307. The summed E-state index contributed by atoms with van der Waals surface area (Å²) in [4.78, 5) is 0. The normalized spacial score (nSPS) is 10.4. The molecule has 1 nitrogen and oxygen atoms in total. The maximum atomic E-state index is 9.27. The Kier molecular flexibility index (Phi) is 14.6. The molecule has 171 valence electrons. The molecule has 1 aliphatic rings. The first-order valence-electron chi connectivity index (χ1n) is 10.5. The standard InChI is InChI=1S/C13H10.C12H10O.C5H5.2ClH.Ti/c1-3-7-12(8-4-1)11-13-9-5-2-6-10-13;13-12-8-4-7-11(9-12)10-5-2-1-3-6-10;1-2-4-5-3-1;;;/h1-10H;1-9,13H;1-3H,4H2;2*1H;/q;;-1;;;+1. The van der Waals surface area contributed by atoms with Gasteiger partial charge in [-0.05, 0) is 23.3 Å². The van der Waals surface area contributed by atoms with Crippen LogP contribution in [0.15, 0.2) is 133 Å². The predicted octanol–water partition coefficient (Wildman–Crippen LogP) is 8.01. The molecule has 4 aromatic rings. The Morgan fingerprint density at radius 3 is 1.56 bits per heavy atom. The van der Waals surface area contributed by atoms with Crippen molar-refractivity contribution < 1.29 is 25.1 Å². The average molecular weight is 522 g/mol. The van der Waals surface area contributed by atoms with E-state index in [1.807, 2.05) is 66.7 Å². The summed E-state index contributed by atoms with van der Waals surface area (Å²) in [6.07, 6.45) is 10.0. The molecule has 0 saturated carbocycles. The van der Waals surface area contributed by atoms with Gasteiger partial charge in [0.25, 0.3) is 0 Å². The van der Waals surface area contributed by atoms with Crippen molar-refractivity contribution in [3.05, 3.63) is 151 Å². The Morgan fingerprint density at radius 1 is 0.647 bits per heavy atom. The molecule has 0 amide bonds. The van der Waals surface area contributed by atoms with Crippen molar-refractivity contribution in [3.8, 4) is 16.9 Å². The number of hydrogen-bond donors (Lipinski definition) is 1. The van der Waals surface area contributed by atoms with E-state index in [4.69, 9.17) is 0 Å². The van der Waals surface area contributed by atoms with E-state index in [9.17, 15) is 5.11 Å². The van der Waals surface area contributed by atoms with Crippen LogP contribution in [0.2, 0.25) is 0 Å². The van der Waals surface area contributed by atoms with Gasteiger partial charge in [0, 0.05) is 0 Å². The number of benzene rings is 4. The Hall–Kier alpha value is -2.68. The van der Waals surface area contributed by atoms with Gasteiger partial charge in [0.15, 0.2) is 0 Å². The van der Waals surface area contributed by atoms with E-state index in [1.54, 1.807) is 12.1 Å². The number of aromatic hydroxyl groups is 1. The Bertz CT molecular complexity index is 1110. The minimum atomic E-state index is 0. The van der Waals surface area contributed by atoms with Gasteiger partial charge in [-0.1, -0.05) is 42.5 Å². The molecule has 0 radical (unpaired) electrons. The molecule has 1 N–H and O–H groups in total. The molecular weight excluding hydrogens is 495 g/mol. The Morgan fingerprint density at radius 2 is 1.15 bits per heavy atom. The van der Waals surface area contributed by atoms with Crippen molar-refractivity contribution >= 4 is 28.6 Å². The molecule has 0 aliphatic heterocycles. The van der Waals surface area contributed by atoms with Crippen LogP contribution in [-0.4, -0.2) is 8.92 Å². The van der Waals surface area contributed by atoms with Gasteiger partial charge in [0.1, 0.15) is 5.75 Å². The summed E-state index contributed by atoms with van der Waals surface area (Å²) in [5, 5.41) is 9.27. The number of phenolic OH excluding ortho intramolecular Hbond substituents is 1. The second-order valence-corrected chi connectivity index (χ2v) is 7.81. The number of rotatable bonds is 3. The molecule has 4 heteroatoms. The van der Waals surface area contributed by atoms with E-state index in [0.717, 1.165) is 17.5 Å². The van der Waals surface area contributed by atoms with E-state index in [2.05, 4.69) is 80.7 Å². The molecule has 5 rings (SSSR count). The first kappa shape index (κ1) is 29.4. The Balaban J connectivity index is 0.000000270. The second kappa shape index (κ2) is 16.9. The van der Waals surface area contributed by atoms with Gasteiger partial charge in [-0.15, -0.1) is 31.2 Å². The van der Waals surface area contributed by atoms with E-state index < -0.39 is 0 Å². The topological polar surface area (TPSA) is 20.2 Å². The number of halogens is 2. The molecule has 0 aromatic heterocycles. The third-order valence-electron chi connectivity index (χ3n) is 4.66. The van der Waals surface area contributed by atoms with Gasteiger partial charge in [-0.3, -0.25) is 6.08 Å². The van der Waals surface area contributed by atoms with Gasteiger partial charge in [0.2, 0.25) is 0 Å². The fraction of sp³-hybridized carbons (Fsp3) is 0.0333. The van der Waals surface area contributed by atoms with Crippen LogP contribution in [0.4, 0.5) is 0 Å². The fourth-order valence-corrected chi connectivity index (χ4v) is 3.55. The van der Waals surface area contributed by atoms with Crippen LogP contribution < -0.4 is 0 Å². The summed E-state index contributed by atoms with van der Waals surface area (Å²) in [6.45, 7) is 0. The zero-order chi connectivity index (χ0) is 22.4. The van der Waals surface area contributed by atoms with Crippen molar-refractivity contribution in [2.45, 2.75) is 6.42 Å². The first-order chi connectivity index (χ1) is 15.7. The van der Waals surface area contributed by atoms with Crippen LogP contribution in [-0.2, 0) is 20.0 Å². The molecule has 4 aromatic carbocycles. The summed E-state index contributed by atoms with van der Waals surface area (Å²) >= 11 is 2.16. The Labute approximate surface area is 226 Å². The van der Waals surface area contributed by atoms with Gasteiger partial charge in [-0.2, -0.15) is 6.08 Å². The van der Waals surface area contributed by atoms with Crippen molar-refractivity contribution in [2.75, 3.05) is 0 Å². The van der Waals surface area contributed by atoms with Crippen LogP contribution >= 0.6 is 24.8 Å². The van der Waals surface area contributed by atoms with Crippen LogP contribution in [0.3, 0.4) is 0 Å². The number of allylic oxidation sites excluding steroid dienone is 4. The van der Waals surface area contributed by atoms with E-state index in [-0.39, 0.29) is 24.8 Å². The molecule has 0 unspecified atom stereocenters. The third-order valence-corrected chi connectivity index (χ3v) is 5.57. The molecule has 0 saturated heterocycles. The SMILES string of the molecule is Cl.Cl.Oc1cccc(-c2ccccc2)c1.[C-]1=CC=CC1.[Ti+]=[C](c1ccccc1)c1ccccc1. The zero-order valence-electron chi connectivity index (χ0n) is 18.7. The molecule has 0 bridgehead atoms. The molecule has 0 fully saturated rings. The monoisotopic (exact) mass is 521 g/mol. The van der Waals surface area contributed by atoms with Gasteiger partial charge in [-0.25, -0.2) is 12.2 Å². The number of hydrogen-bond acceptors (Lipinski definition) is 1. The third kappa shape index (κ3) is 10.1. The average Bonchev–Trinajstić information content (AvgIpc) is 3.46. The van der Waals surface area contributed by atoms with Crippen LogP contribution in [0, 0.1) is 6.08 Å². The van der Waals surface area contributed by atoms with Crippen molar-refractivity contribution in [1.82, 2.24) is 0 Å². The zero-order valence-corrected chi connectivity index (χ0v) is 21.9. The molecule has 0 spiro atoms. The van der Waals surface area contributed by atoms with Crippen LogP contribution in [0.1, 0.15) is 17.5 Å². The first-order valence-corrected chi connectivity index (χ1v) is 11.3. The van der Waals surface area contributed by atoms with Crippen molar-refractivity contribution in [2.24, 2.45) is 0 Å². The molecule has 34 heavy (non-hydrogen) atoms. The van der Waals surface area contributed by atoms with Crippen molar-refractivity contribution in [1.29, 1.82) is 0 Å². The van der Waals surface area contributed by atoms with E-state index in [0.29, 0.717) is 5.75 Å². The van der Waals surface area contributed by atoms with Crippen LogP contribution in [0.5, 0.6) is 5.75 Å². The number of phenols is 1. The van der Waals surface area contributed by atoms with Crippen LogP contribution in [0.25, 0.3) is 11.1 Å². The summed E-state index contributed by atoms with van der Waals surface area (Å²) < 4.78 is 1.33. The molecular formula is C30H27Cl2OTi. The van der Waals surface area contributed by atoms with Gasteiger partial charge in [0.05, 0.1) is 0 Å². The van der Waals surface area contributed by atoms with E-state index >= 15 is 0 Å². The maximum absolute atomic E-state index is 9.27. The summed E-state index contributed by atoms with van der Waals surface area (Å²) in [5.41, 5.74) is 4.75. The molecule has 0 atom stereocenters. The fourth-order valence-electron chi connectivity index (χ4n) is 3.03. The summed E-state index contributed by atoms with van der Waals surface area (Å²) in [6, 6.07) is 38.2. The summed E-state index contributed by atoms with van der Waals surface area (Å²) in [7, 11) is 0. The van der Waals surface area contributed by atoms with Gasteiger partial charge < -0.3 is 5.11 Å².